The van der Waals surface area contributed by atoms with Crippen LogP contribution in [0, 0.1) is 0 Å². The number of hydroxylamine groups is 1. The number of nitrogens with two attached hydrogens (primary N) is 1. The summed E-state index contributed by atoms with van der Waals surface area (Å²) in [5.74, 6) is -0.477. The molecule has 1 heterocycles. The van der Waals surface area contributed by atoms with Gasteiger partial charge in [0.2, 0.25) is 5.91 Å². The second kappa shape index (κ2) is 5.85. The minimum Gasteiger partial charge on any atom is -0.368 e. The molecule has 0 bridgehead atoms. The van der Waals surface area contributed by atoms with Crippen LogP contribution in [-0.4, -0.2) is 12.5 Å². The maximum Gasteiger partial charge on any atom is 0.245 e. The molecule has 1 aromatic rings. The molecule has 1 unspecified atom stereocenters. The third-order valence-electron chi connectivity index (χ3n) is 1.93. The van der Waals surface area contributed by atoms with Gasteiger partial charge in [-0.05, 0) is 25.5 Å². The van der Waals surface area contributed by atoms with Gasteiger partial charge in [-0.25, -0.2) is 0 Å². The molecular formula is C10H16N2O2S. The molecule has 0 spiro atoms. The third-order valence-corrected chi connectivity index (χ3v) is 3.34. The minimum absolute atomic E-state index is 0.0784. The van der Waals surface area contributed by atoms with Gasteiger partial charge in [-0.1, -0.05) is 6.92 Å². The number of hydrogen-bond acceptors (Lipinski definition) is 4. The van der Waals surface area contributed by atoms with E-state index in [0.717, 1.165) is 6.42 Å². The summed E-state index contributed by atoms with van der Waals surface area (Å²) in [6, 6.07) is 4.25. The monoisotopic (exact) mass is 228 g/mol. The van der Waals surface area contributed by atoms with Gasteiger partial charge in [0.05, 0.1) is 6.04 Å². The van der Waals surface area contributed by atoms with Crippen LogP contribution in [0.15, 0.2) is 12.1 Å². The van der Waals surface area contributed by atoms with Crippen LogP contribution in [-0.2, 0) is 16.1 Å². The molecule has 0 aliphatic rings. The molecule has 1 rings (SSSR count). The molecule has 1 atom stereocenters. The predicted octanol–water partition coefficient (Wildman–Crippen LogP) is 1.38. The fraction of sp³-hybridized carbons (Fsp3) is 0.500. The van der Waals surface area contributed by atoms with Crippen molar-refractivity contribution < 1.29 is 9.63 Å². The molecule has 0 saturated heterocycles. The van der Waals surface area contributed by atoms with E-state index in [4.69, 9.17) is 10.6 Å². The van der Waals surface area contributed by atoms with Crippen LogP contribution in [0.25, 0.3) is 0 Å². The predicted molar refractivity (Wildman–Crippen MR) is 60.4 cm³/mol. The molecule has 0 fully saturated rings. The molecule has 0 aliphatic heterocycles. The van der Waals surface area contributed by atoms with Crippen LogP contribution in [0.1, 0.15) is 29.6 Å². The van der Waals surface area contributed by atoms with Crippen molar-refractivity contribution in [1.82, 2.24) is 5.48 Å². The Morgan fingerprint density at radius 3 is 2.93 bits per heavy atom. The Bertz CT molecular complexity index is 325. The largest absolute Gasteiger partial charge is 0.368 e. The Balaban J connectivity index is 2.39. The zero-order valence-electron chi connectivity index (χ0n) is 8.95. The number of carbonyl (C=O) groups excluding carboxylic acids is 1. The molecule has 1 amide bonds. The van der Waals surface area contributed by atoms with E-state index >= 15 is 0 Å². The van der Waals surface area contributed by atoms with E-state index in [0.29, 0.717) is 0 Å². The van der Waals surface area contributed by atoms with Crippen LogP contribution in [0.4, 0.5) is 0 Å². The highest BCUT2D eigenvalue weighted by molar-refractivity contribution is 7.12. The Morgan fingerprint density at radius 2 is 2.40 bits per heavy atom. The first-order valence-electron chi connectivity index (χ1n) is 4.87. The Kier molecular flexibility index (Phi) is 4.74. The van der Waals surface area contributed by atoms with Gasteiger partial charge in [0.1, 0.15) is 6.61 Å². The van der Waals surface area contributed by atoms with Gasteiger partial charge in [-0.15, -0.1) is 11.3 Å². The van der Waals surface area contributed by atoms with E-state index in [2.05, 4.69) is 24.5 Å². The van der Waals surface area contributed by atoms with Crippen LogP contribution in [0.2, 0.25) is 0 Å². The molecule has 1 aromatic heterocycles. The highest BCUT2D eigenvalue weighted by atomic mass is 32.1. The number of aryl methyl sites for hydroxylation is 1. The Labute approximate surface area is 93.4 Å². The maximum atomic E-state index is 10.4. The van der Waals surface area contributed by atoms with Crippen LogP contribution in [0.5, 0.6) is 0 Å². The normalized spacial score (nSPS) is 12.7. The molecule has 4 nitrogen and oxygen atoms in total. The van der Waals surface area contributed by atoms with Gasteiger partial charge in [0.25, 0.3) is 0 Å². The van der Waals surface area contributed by atoms with Gasteiger partial charge in [0, 0.05) is 9.75 Å². The van der Waals surface area contributed by atoms with E-state index in [1.165, 1.54) is 9.75 Å². The van der Waals surface area contributed by atoms with Gasteiger partial charge < -0.3 is 5.73 Å². The van der Waals surface area contributed by atoms with Crippen LogP contribution < -0.4 is 11.2 Å². The fourth-order valence-electron chi connectivity index (χ4n) is 1.11. The summed E-state index contributed by atoms with van der Waals surface area (Å²) in [5.41, 5.74) is 7.72. The van der Waals surface area contributed by atoms with Crippen LogP contribution in [0.3, 0.4) is 0 Å². The average Bonchev–Trinajstić information content (AvgIpc) is 2.65. The summed E-state index contributed by atoms with van der Waals surface area (Å²) in [5, 5.41) is 0. The molecule has 5 heteroatoms. The smallest absolute Gasteiger partial charge is 0.245 e. The molecule has 0 aromatic carbocycles. The van der Waals surface area contributed by atoms with Gasteiger partial charge >= 0.3 is 0 Å². The number of carbonyl (C=O) groups is 1. The van der Waals surface area contributed by atoms with Gasteiger partial charge in [0.15, 0.2) is 0 Å². The first-order valence-corrected chi connectivity index (χ1v) is 5.69. The zero-order valence-corrected chi connectivity index (χ0v) is 9.76. The lowest BCUT2D eigenvalue weighted by Gasteiger charge is -2.10. The highest BCUT2D eigenvalue weighted by Gasteiger charge is 2.08. The first-order chi connectivity index (χ1) is 7.13. The zero-order chi connectivity index (χ0) is 11.3. The number of hydrogen-bond donors (Lipinski definition) is 2. The SMILES string of the molecule is CCc1ccc(C(C)NOCC(N)=O)s1. The molecule has 15 heavy (non-hydrogen) atoms. The van der Waals surface area contributed by atoms with E-state index in [1.54, 1.807) is 11.3 Å². The van der Waals surface area contributed by atoms with Crippen molar-refractivity contribution >= 4 is 17.2 Å². The van der Waals surface area contributed by atoms with E-state index < -0.39 is 5.91 Å². The summed E-state index contributed by atoms with van der Waals surface area (Å²) in [6.45, 7) is 4.00. The van der Waals surface area contributed by atoms with Crippen molar-refractivity contribution in [1.29, 1.82) is 0 Å². The quantitative estimate of drug-likeness (QED) is 0.723. The number of amides is 1. The molecule has 84 valence electrons. The molecule has 0 aliphatic carbocycles. The van der Waals surface area contributed by atoms with Crippen molar-refractivity contribution in [2.75, 3.05) is 6.61 Å². The summed E-state index contributed by atoms with van der Waals surface area (Å²) in [4.78, 5) is 17.9. The second-order valence-corrected chi connectivity index (χ2v) is 4.45. The summed E-state index contributed by atoms with van der Waals surface area (Å²) < 4.78 is 0. The standard InChI is InChI=1S/C10H16N2O2S/c1-3-8-4-5-9(15-8)7(2)12-14-6-10(11)13/h4-5,7,12H,3,6H2,1-2H3,(H2,11,13). The Morgan fingerprint density at radius 1 is 1.67 bits per heavy atom. The molecule has 3 N–H and O–H groups in total. The van der Waals surface area contributed by atoms with Gasteiger partial charge in [-0.3, -0.25) is 9.63 Å². The van der Waals surface area contributed by atoms with Crippen molar-refractivity contribution in [3.8, 4) is 0 Å². The number of thiophene rings is 1. The van der Waals surface area contributed by atoms with Gasteiger partial charge in [-0.2, -0.15) is 5.48 Å². The number of primary amides is 1. The maximum absolute atomic E-state index is 10.4. The first kappa shape index (κ1) is 12.2. The molecule has 0 saturated carbocycles. The molecule has 0 radical (unpaired) electrons. The fourth-order valence-corrected chi connectivity index (χ4v) is 2.06. The summed E-state index contributed by atoms with van der Waals surface area (Å²) >= 11 is 1.74. The van der Waals surface area contributed by atoms with Crippen molar-refractivity contribution in [2.45, 2.75) is 26.3 Å². The topological polar surface area (TPSA) is 64.3 Å². The summed E-state index contributed by atoms with van der Waals surface area (Å²) in [7, 11) is 0. The lowest BCUT2D eigenvalue weighted by atomic mass is 10.3. The lowest BCUT2D eigenvalue weighted by molar-refractivity contribution is -0.125. The second-order valence-electron chi connectivity index (χ2n) is 3.25. The van der Waals surface area contributed by atoms with Crippen molar-refractivity contribution in [2.24, 2.45) is 5.73 Å². The van der Waals surface area contributed by atoms with E-state index in [-0.39, 0.29) is 12.6 Å². The van der Waals surface area contributed by atoms with E-state index in [9.17, 15) is 4.79 Å². The van der Waals surface area contributed by atoms with E-state index in [1.807, 2.05) is 6.92 Å². The van der Waals surface area contributed by atoms with Crippen molar-refractivity contribution in [3.63, 3.8) is 0 Å². The summed E-state index contributed by atoms with van der Waals surface area (Å²) in [6.07, 6.45) is 1.04. The lowest BCUT2D eigenvalue weighted by Crippen LogP contribution is -2.26. The Hall–Kier alpha value is -0.910. The van der Waals surface area contributed by atoms with Crippen LogP contribution >= 0.6 is 11.3 Å². The average molecular weight is 228 g/mol. The number of rotatable bonds is 6. The number of nitrogens with one attached hydrogen (secondary N) is 1. The van der Waals surface area contributed by atoms with Crippen molar-refractivity contribution in [3.05, 3.63) is 21.9 Å². The highest BCUT2D eigenvalue weighted by Crippen LogP contribution is 2.23. The molecular weight excluding hydrogens is 212 g/mol. The minimum atomic E-state index is -0.477. The third kappa shape index (κ3) is 3.99.